The van der Waals surface area contributed by atoms with Crippen molar-refractivity contribution in [3.05, 3.63) is 78.1 Å². The van der Waals surface area contributed by atoms with E-state index in [0.717, 1.165) is 16.4 Å². The molecule has 0 aliphatic heterocycles. The van der Waals surface area contributed by atoms with Gasteiger partial charge in [0.2, 0.25) is 0 Å². The van der Waals surface area contributed by atoms with Crippen LogP contribution >= 0.6 is 0 Å². The van der Waals surface area contributed by atoms with E-state index < -0.39 is 23.3 Å². The third kappa shape index (κ3) is 3.76. The molecule has 0 unspecified atom stereocenters. The Balaban J connectivity index is 1.55. The Morgan fingerprint density at radius 2 is 1.89 bits per heavy atom. The van der Waals surface area contributed by atoms with Gasteiger partial charge >= 0.3 is 6.18 Å². The fraction of sp³-hybridized carbons (Fsp3) is 0.0909. The van der Waals surface area contributed by atoms with Crippen LogP contribution in [0.4, 0.5) is 18.9 Å². The van der Waals surface area contributed by atoms with E-state index in [1.165, 1.54) is 30.7 Å². The zero-order valence-corrected chi connectivity index (χ0v) is 17.9. The summed E-state index contributed by atoms with van der Waals surface area (Å²) in [5.41, 5.74) is -1.17. The SMILES string of the molecule is Cn1ccc2cccc(-n3ncc(C(=O)Nc4cnc(-n5nccn5)c(C#N)c4)c3C(F)(F)F)c21. The molecule has 0 saturated carbocycles. The summed E-state index contributed by atoms with van der Waals surface area (Å²) in [4.78, 5) is 18.1. The van der Waals surface area contributed by atoms with Crippen molar-refractivity contribution in [2.45, 2.75) is 6.18 Å². The van der Waals surface area contributed by atoms with Gasteiger partial charge < -0.3 is 9.88 Å². The van der Waals surface area contributed by atoms with E-state index in [0.29, 0.717) is 10.2 Å². The summed E-state index contributed by atoms with van der Waals surface area (Å²) in [5, 5.41) is 24.2. The molecule has 0 radical (unpaired) electrons. The number of aromatic nitrogens is 7. The molecular formula is C22H14F3N9O. The molecule has 0 fully saturated rings. The van der Waals surface area contributed by atoms with Crippen molar-refractivity contribution in [3.8, 4) is 17.6 Å². The molecule has 5 aromatic rings. The topological polar surface area (TPSA) is 119 Å². The fourth-order valence-corrected chi connectivity index (χ4v) is 3.77. The first-order valence-electron chi connectivity index (χ1n) is 10.1. The van der Waals surface area contributed by atoms with Gasteiger partial charge in [-0.15, -0.1) is 4.80 Å². The quantitative estimate of drug-likeness (QED) is 0.423. The van der Waals surface area contributed by atoms with Gasteiger partial charge in [0.1, 0.15) is 11.6 Å². The molecule has 0 atom stereocenters. The van der Waals surface area contributed by atoms with Crippen LogP contribution in [0, 0.1) is 11.3 Å². The molecule has 0 aliphatic carbocycles. The van der Waals surface area contributed by atoms with E-state index in [-0.39, 0.29) is 22.8 Å². The van der Waals surface area contributed by atoms with Crippen molar-refractivity contribution < 1.29 is 18.0 Å². The number of nitrogens with one attached hydrogen (secondary N) is 1. The average molecular weight is 477 g/mol. The lowest BCUT2D eigenvalue weighted by Crippen LogP contribution is -2.21. The summed E-state index contributed by atoms with van der Waals surface area (Å²) in [7, 11) is 1.71. The second kappa shape index (κ2) is 8.10. The van der Waals surface area contributed by atoms with Gasteiger partial charge in [-0.3, -0.25) is 4.79 Å². The van der Waals surface area contributed by atoms with Gasteiger partial charge in [-0.25, -0.2) is 9.67 Å². The lowest BCUT2D eigenvalue weighted by Gasteiger charge is -2.14. The largest absolute Gasteiger partial charge is 0.434 e. The first kappa shape index (κ1) is 21.8. The van der Waals surface area contributed by atoms with Crippen LogP contribution in [0.15, 0.2) is 61.3 Å². The number of aryl methyl sites for hydroxylation is 1. The average Bonchev–Trinajstić information content (AvgIpc) is 3.58. The number of anilines is 1. The molecule has 1 N–H and O–H groups in total. The molecule has 4 aromatic heterocycles. The Labute approximate surface area is 194 Å². The van der Waals surface area contributed by atoms with Crippen LogP contribution < -0.4 is 5.32 Å². The lowest BCUT2D eigenvalue weighted by atomic mass is 10.2. The first-order chi connectivity index (χ1) is 16.8. The van der Waals surface area contributed by atoms with E-state index in [4.69, 9.17) is 0 Å². The Bertz CT molecular complexity index is 1610. The number of para-hydroxylation sites is 1. The Morgan fingerprint density at radius 3 is 2.60 bits per heavy atom. The summed E-state index contributed by atoms with van der Waals surface area (Å²) in [5.74, 6) is -0.951. The highest BCUT2D eigenvalue weighted by Gasteiger charge is 2.41. The second-order valence-electron chi connectivity index (χ2n) is 7.44. The number of carbonyl (C=O) groups is 1. The highest BCUT2D eigenvalue weighted by molar-refractivity contribution is 6.05. The molecule has 0 aliphatic rings. The molecule has 174 valence electrons. The van der Waals surface area contributed by atoms with Gasteiger partial charge in [-0.1, -0.05) is 12.1 Å². The molecule has 0 spiro atoms. The number of amides is 1. The number of pyridine rings is 1. The van der Waals surface area contributed by atoms with Gasteiger partial charge in [0.25, 0.3) is 5.91 Å². The summed E-state index contributed by atoms with van der Waals surface area (Å²) >= 11 is 0. The van der Waals surface area contributed by atoms with Crippen molar-refractivity contribution in [2.24, 2.45) is 7.05 Å². The highest BCUT2D eigenvalue weighted by atomic mass is 19.4. The number of benzene rings is 1. The second-order valence-corrected chi connectivity index (χ2v) is 7.44. The number of carbonyl (C=O) groups excluding carboxylic acids is 1. The van der Waals surface area contributed by atoms with E-state index in [2.05, 4.69) is 25.6 Å². The summed E-state index contributed by atoms with van der Waals surface area (Å²) in [6.07, 6.45) is 1.68. The van der Waals surface area contributed by atoms with E-state index in [1.54, 1.807) is 36.0 Å². The summed E-state index contributed by atoms with van der Waals surface area (Å²) < 4.78 is 44.9. The van der Waals surface area contributed by atoms with Crippen molar-refractivity contribution in [1.29, 1.82) is 5.26 Å². The maximum atomic E-state index is 14.2. The molecule has 1 aromatic carbocycles. The molecule has 10 nitrogen and oxygen atoms in total. The summed E-state index contributed by atoms with van der Waals surface area (Å²) in [6.45, 7) is 0. The normalized spacial score (nSPS) is 11.5. The fourth-order valence-electron chi connectivity index (χ4n) is 3.77. The van der Waals surface area contributed by atoms with E-state index in [1.807, 2.05) is 6.07 Å². The van der Waals surface area contributed by atoms with Crippen molar-refractivity contribution in [3.63, 3.8) is 0 Å². The maximum Gasteiger partial charge on any atom is 0.434 e. The predicted octanol–water partition coefficient (Wildman–Crippen LogP) is 3.48. The van der Waals surface area contributed by atoms with Gasteiger partial charge in [0.05, 0.1) is 47.2 Å². The van der Waals surface area contributed by atoms with Crippen LogP contribution in [-0.2, 0) is 13.2 Å². The maximum absolute atomic E-state index is 14.2. The van der Waals surface area contributed by atoms with Crippen LogP contribution in [0.2, 0.25) is 0 Å². The third-order valence-corrected chi connectivity index (χ3v) is 5.24. The zero-order chi connectivity index (χ0) is 24.7. The minimum Gasteiger partial charge on any atom is -0.349 e. The predicted molar refractivity (Wildman–Crippen MR) is 117 cm³/mol. The van der Waals surface area contributed by atoms with Gasteiger partial charge in [-0.05, 0) is 18.2 Å². The minimum atomic E-state index is -4.89. The molecular weight excluding hydrogens is 463 g/mol. The molecule has 4 heterocycles. The van der Waals surface area contributed by atoms with E-state index >= 15 is 0 Å². The van der Waals surface area contributed by atoms with Crippen molar-refractivity contribution in [2.75, 3.05) is 5.32 Å². The van der Waals surface area contributed by atoms with Crippen molar-refractivity contribution >= 4 is 22.5 Å². The van der Waals surface area contributed by atoms with Crippen LogP contribution in [-0.4, -0.2) is 40.2 Å². The lowest BCUT2D eigenvalue weighted by molar-refractivity contribution is -0.143. The third-order valence-electron chi connectivity index (χ3n) is 5.24. The standard InChI is InChI=1S/C22H14F3N9O/c1-32-8-5-13-3-2-4-17(18(13)32)33-19(22(23,24)25)16(12-30-33)21(35)31-15-9-14(10-26)20(27-11-15)34-28-6-7-29-34/h2-9,11-12H,1H3,(H,31,35). The van der Waals surface area contributed by atoms with Crippen LogP contribution in [0.25, 0.3) is 22.4 Å². The Hall–Kier alpha value is -4.99. The monoisotopic (exact) mass is 477 g/mol. The van der Waals surface area contributed by atoms with Crippen LogP contribution in [0.3, 0.4) is 0 Å². The van der Waals surface area contributed by atoms with Crippen molar-refractivity contribution in [1.82, 2.24) is 34.3 Å². The Morgan fingerprint density at radius 1 is 1.11 bits per heavy atom. The number of hydrogen-bond acceptors (Lipinski definition) is 6. The number of nitrogens with zero attached hydrogens (tertiary/aromatic N) is 8. The molecule has 1 amide bonds. The number of fused-ring (bicyclic) bond motifs is 1. The van der Waals surface area contributed by atoms with Gasteiger partial charge in [0, 0.05) is 18.6 Å². The molecule has 0 bridgehead atoms. The number of alkyl halides is 3. The van der Waals surface area contributed by atoms with Crippen LogP contribution in [0.5, 0.6) is 0 Å². The molecule has 0 saturated heterocycles. The van der Waals surface area contributed by atoms with Gasteiger partial charge in [0.15, 0.2) is 11.5 Å². The molecule has 13 heteroatoms. The smallest absolute Gasteiger partial charge is 0.349 e. The molecule has 35 heavy (non-hydrogen) atoms. The number of rotatable bonds is 4. The number of halogens is 3. The zero-order valence-electron chi connectivity index (χ0n) is 17.9. The highest BCUT2D eigenvalue weighted by Crippen LogP contribution is 2.35. The van der Waals surface area contributed by atoms with Crippen LogP contribution in [0.1, 0.15) is 21.6 Å². The first-order valence-corrected chi connectivity index (χ1v) is 10.1. The minimum absolute atomic E-state index is 0.0149. The molecule has 5 rings (SSSR count). The van der Waals surface area contributed by atoms with Gasteiger partial charge in [-0.2, -0.15) is 33.7 Å². The van der Waals surface area contributed by atoms with E-state index in [9.17, 15) is 23.2 Å². The number of hydrogen-bond donors (Lipinski definition) is 1. The number of nitriles is 1. The summed E-state index contributed by atoms with van der Waals surface area (Å²) in [6, 6.07) is 9.83. The Kier molecular flexibility index (Phi) is 5.05.